The Hall–Kier alpha value is -2.88. The van der Waals surface area contributed by atoms with E-state index in [1.165, 1.54) is 6.07 Å². The Morgan fingerprint density at radius 3 is 2.39 bits per heavy atom. The van der Waals surface area contributed by atoms with Crippen molar-refractivity contribution >= 4 is 16.9 Å². The highest BCUT2D eigenvalue weighted by Gasteiger charge is 2.16. The van der Waals surface area contributed by atoms with Gasteiger partial charge in [0.1, 0.15) is 16.9 Å². The maximum absolute atomic E-state index is 12.1. The quantitative estimate of drug-likeness (QED) is 0.401. The molecule has 118 valence electrons. The van der Waals surface area contributed by atoms with Gasteiger partial charge >= 0.3 is 11.6 Å². The van der Waals surface area contributed by atoms with Crippen LogP contribution < -0.4 is 10.4 Å². The number of carbonyl (C=O) groups is 1. The number of fused-ring (bicyclic) bond motifs is 1. The zero-order valence-electron chi connectivity index (χ0n) is 13.3. The van der Waals surface area contributed by atoms with Crippen LogP contribution in [0.5, 0.6) is 5.75 Å². The monoisotopic (exact) mass is 310 g/mol. The lowest BCUT2D eigenvalue weighted by Crippen LogP contribution is -2.18. The smallest absolute Gasteiger partial charge is 0.351 e. The number of rotatable bonds is 2. The normalized spacial score (nSPS) is 9.87. The van der Waals surface area contributed by atoms with Crippen LogP contribution in [0, 0.1) is 6.92 Å². The van der Waals surface area contributed by atoms with E-state index in [4.69, 9.17) is 9.15 Å². The Labute approximate surface area is 134 Å². The van der Waals surface area contributed by atoms with E-state index >= 15 is 0 Å². The molecule has 0 saturated heterocycles. The molecule has 1 aromatic heterocycles. The standard InChI is InChI=1S/C17H12O4.C2H6/c1-11-7-8-15-12(9-11)10-14(17(19)21-15)16(18)20-13-5-3-2-4-6-13;1-2/h2-10H,1H3;1-2H3. The minimum Gasteiger partial charge on any atom is -0.423 e. The summed E-state index contributed by atoms with van der Waals surface area (Å²) in [6.07, 6.45) is 0. The molecule has 0 aliphatic carbocycles. The van der Waals surface area contributed by atoms with Gasteiger partial charge in [0, 0.05) is 5.39 Å². The maximum Gasteiger partial charge on any atom is 0.351 e. The van der Waals surface area contributed by atoms with Crippen molar-refractivity contribution in [2.24, 2.45) is 0 Å². The molecule has 0 aliphatic heterocycles. The number of hydrogen-bond acceptors (Lipinski definition) is 4. The number of para-hydroxylation sites is 1. The third kappa shape index (κ3) is 3.86. The van der Waals surface area contributed by atoms with E-state index in [1.807, 2.05) is 39.0 Å². The van der Waals surface area contributed by atoms with Gasteiger partial charge < -0.3 is 9.15 Å². The van der Waals surface area contributed by atoms with Crippen molar-refractivity contribution in [1.82, 2.24) is 0 Å². The Morgan fingerprint density at radius 2 is 1.70 bits per heavy atom. The Kier molecular flexibility index (Phi) is 5.31. The summed E-state index contributed by atoms with van der Waals surface area (Å²) in [7, 11) is 0. The minimum atomic E-state index is -0.724. The first kappa shape index (κ1) is 16.5. The van der Waals surface area contributed by atoms with Crippen molar-refractivity contribution in [3.8, 4) is 5.75 Å². The van der Waals surface area contributed by atoms with Gasteiger partial charge in [-0.3, -0.25) is 0 Å². The number of ether oxygens (including phenoxy) is 1. The van der Waals surface area contributed by atoms with Crippen molar-refractivity contribution in [2.75, 3.05) is 0 Å². The third-order valence-corrected chi connectivity index (χ3v) is 3.06. The molecule has 0 bridgehead atoms. The molecule has 4 heteroatoms. The fourth-order valence-electron chi connectivity index (χ4n) is 2.04. The van der Waals surface area contributed by atoms with Crippen LogP contribution in [-0.4, -0.2) is 5.97 Å². The van der Waals surface area contributed by atoms with Crippen LogP contribution in [0.4, 0.5) is 0 Å². The van der Waals surface area contributed by atoms with Gasteiger partial charge in [-0.05, 0) is 37.3 Å². The molecule has 0 atom stereocenters. The predicted molar refractivity (Wildman–Crippen MR) is 90.0 cm³/mol. The molecule has 0 saturated carbocycles. The summed E-state index contributed by atoms with van der Waals surface area (Å²) in [5.41, 5.74) is 0.643. The van der Waals surface area contributed by atoms with E-state index in [0.29, 0.717) is 16.7 Å². The SMILES string of the molecule is CC.Cc1ccc2oc(=O)c(C(=O)Oc3ccccc3)cc2c1. The largest absolute Gasteiger partial charge is 0.423 e. The van der Waals surface area contributed by atoms with Crippen molar-refractivity contribution < 1.29 is 13.9 Å². The van der Waals surface area contributed by atoms with E-state index < -0.39 is 11.6 Å². The van der Waals surface area contributed by atoms with E-state index in [2.05, 4.69) is 0 Å². The van der Waals surface area contributed by atoms with Crippen LogP contribution in [0.2, 0.25) is 0 Å². The van der Waals surface area contributed by atoms with Crippen LogP contribution in [0.3, 0.4) is 0 Å². The fraction of sp³-hybridized carbons (Fsp3) is 0.158. The Balaban J connectivity index is 0.000000924. The summed E-state index contributed by atoms with van der Waals surface area (Å²) >= 11 is 0. The molecule has 0 N–H and O–H groups in total. The van der Waals surface area contributed by atoms with Crippen molar-refractivity contribution in [3.05, 3.63) is 76.1 Å². The summed E-state index contributed by atoms with van der Waals surface area (Å²) in [6.45, 7) is 5.92. The lowest BCUT2D eigenvalue weighted by molar-refractivity contribution is 0.0730. The van der Waals surface area contributed by atoms with Gasteiger partial charge in [0.15, 0.2) is 0 Å². The average molecular weight is 310 g/mol. The summed E-state index contributed by atoms with van der Waals surface area (Å²) in [5, 5.41) is 0.689. The van der Waals surface area contributed by atoms with Gasteiger partial charge in [0.25, 0.3) is 0 Å². The molecule has 0 fully saturated rings. The van der Waals surface area contributed by atoms with Gasteiger partial charge in [0.2, 0.25) is 0 Å². The van der Waals surface area contributed by atoms with E-state index in [9.17, 15) is 9.59 Å². The van der Waals surface area contributed by atoms with Gasteiger partial charge in [0.05, 0.1) is 0 Å². The zero-order chi connectivity index (χ0) is 16.8. The lowest BCUT2D eigenvalue weighted by Gasteiger charge is -2.04. The lowest BCUT2D eigenvalue weighted by atomic mass is 10.1. The Bertz CT molecular complexity index is 863. The summed E-state index contributed by atoms with van der Waals surface area (Å²) in [6, 6.07) is 15.5. The molecular weight excluding hydrogens is 292 g/mol. The molecule has 0 aliphatic rings. The average Bonchev–Trinajstić information content (AvgIpc) is 2.57. The van der Waals surface area contributed by atoms with E-state index in [-0.39, 0.29) is 5.56 Å². The van der Waals surface area contributed by atoms with E-state index in [1.54, 1.807) is 30.3 Å². The third-order valence-electron chi connectivity index (χ3n) is 3.06. The molecule has 1 heterocycles. The molecule has 3 rings (SSSR count). The van der Waals surface area contributed by atoms with Crippen LogP contribution in [0.15, 0.2) is 63.8 Å². The number of hydrogen-bond donors (Lipinski definition) is 0. The second kappa shape index (κ2) is 7.40. The second-order valence-electron chi connectivity index (χ2n) is 4.69. The minimum absolute atomic E-state index is 0.114. The molecule has 4 nitrogen and oxygen atoms in total. The first-order chi connectivity index (χ1) is 11.1. The van der Waals surface area contributed by atoms with Gasteiger partial charge in [-0.1, -0.05) is 43.7 Å². The van der Waals surface area contributed by atoms with Crippen LogP contribution >= 0.6 is 0 Å². The number of carbonyl (C=O) groups excluding carboxylic acids is 1. The zero-order valence-corrected chi connectivity index (χ0v) is 13.3. The maximum atomic E-state index is 12.1. The summed E-state index contributed by atoms with van der Waals surface area (Å²) in [4.78, 5) is 24.0. The van der Waals surface area contributed by atoms with Crippen LogP contribution in [-0.2, 0) is 0 Å². The topological polar surface area (TPSA) is 56.5 Å². The molecule has 23 heavy (non-hydrogen) atoms. The van der Waals surface area contributed by atoms with Crippen molar-refractivity contribution in [1.29, 1.82) is 0 Å². The molecule has 0 unspecified atom stereocenters. The highest BCUT2D eigenvalue weighted by molar-refractivity contribution is 5.94. The van der Waals surface area contributed by atoms with Crippen molar-refractivity contribution in [3.63, 3.8) is 0 Å². The first-order valence-corrected chi connectivity index (χ1v) is 7.45. The van der Waals surface area contributed by atoms with Gasteiger partial charge in [-0.25, -0.2) is 9.59 Å². The molecule has 0 radical (unpaired) electrons. The summed E-state index contributed by atoms with van der Waals surface area (Å²) in [5.74, 6) is -0.343. The molecule has 3 aromatic rings. The highest BCUT2D eigenvalue weighted by atomic mass is 16.5. The van der Waals surface area contributed by atoms with Crippen molar-refractivity contribution in [2.45, 2.75) is 20.8 Å². The molecule has 0 spiro atoms. The number of esters is 1. The van der Waals surface area contributed by atoms with Crippen LogP contribution in [0.1, 0.15) is 29.8 Å². The van der Waals surface area contributed by atoms with Gasteiger partial charge in [-0.15, -0.1) is 0 Å². The van der Waals surface area contributed by atoms with Gasteiger partial charge in [-0.2, -0.15) is 0 Å². The summed E-state index contributed by atoms with van der Waals surface area (Å²) < 4.78 is 10.3. The number of benzene rings is 2. The first-order valence-electron chi connectivity index (χ1n) is 7.45. The Morgan fingerprint density at radius 1 is 1.00 bits per heavy atom. The predicted octanol–water partition coefficient (Wildman–Crippen LogP) is 4.35. The highest BCUT2D eigenvalue weighted by Crippen LogP contribution is 2.17. The van der Waals surface area contributed by atoms with Crippen LogP contribution in [0.25, 0.3) is 11.0 Å². The molecular formula is C19H18O4. The van der Waals surface area contributed by atoms with E-state index in [0.717, 1.165) is 5.56 Å². The molecule has 0 amide bonds. The second-order valence-corrected chi connectivity index (χ2v) is 4.69. The fourth-order valence-corrected chi connectivity index (χ4v) is 2.04. The number of aryl methyl sites for hydroxylation is 1. The molecule has 2 aromatic carbocycles.